The SMILES string of the molecule is CCOC(=O)c1nc([C@@H]2CC[C@@H](C)NC2)cs1. The molecule has 4 nitrogen and oxygen atoms in total. The summed E-state index contributed by atoms with van der Waals surface area (Å²) in [7, 11) is 0. The van der Waals surface area contributed by atoms with Crippen LogP contribution in [0.2, 0.25) is 0 Å². The van der Waals surface area contributed by atoms with Crippen LogP contribution < -0.4 is 5.32 Å². The van der Waals surface area contributed by atoms with Gasteiger partial charge in [0, 0.05) is 23.9 Å². The zero-order chi connectivity index (χ0) is 12.3. The molecule has 1 aromatic heterocycles. The van der Waals surface area contributed by atoms with Crippen LogP contribution in [0.25, 0.3) is 0 Å². The molecule has 5 heteroatoms. The quantitative estimate of drug-likeness (QED) is 0.840. The highest BCUT2D eigenvalue weighted by atomic mass is 32.1. The lowest BCUT2D eigenvalue weighted by atomic mass is 9.93. The molecule has 0 spiro atoms. The van der Waals surface area contributed by atoms with Crippen LogP contribution in [0, 0.1) is 0 Å². The van der Waals surface area contributed by atoms with Crippen molar-refractivity contribution in [1.82, 2.24) is 10.3 Å². The van der Waals surface area contributed by atoms with E-state index in [9.17, 15) is 4.79 Å². The Morgan fingerprint density at radius 2 is 2.47 bits per heavy atom. The molecule has 2 heterocycles. The van der Waals surface area contributed by atoms with Gasteiger partial charge in [-0.15, -0.1) is 11.3 Å². The molecule has 17 heavy (non-hydrogen) atoms. The number of thiazole rings is 1. The molecule has 0 bridgehead atoms. The highest BCUT2D eigenvalue weighted by molar-refractivity contribution is 7.11. The van der Waals surface area contributed by atoms with Crippen molar-refractivity contribution in [3.8, 4) is 0 Å². The fourth-order valence-corrected chi connectivity index (χ4v) is 2.80. The van der Waals surface area contributed by atoms with Crippen molar-refractivity contribution in [2.24, 2.45) is 0 Å². The largest absolute Gasteiger partial charge is 0.461 e. The van der Waals surface area contributed by atoms with Gasteiger partial charge in [-0.05, 0) is 26.7 Å². The van der Waals surface area contributed by atoms with Crippen LogP contribution >= 0.6 is 11.3 Å². The van der Waals surface area contributed by atoms with E-state index in [1.54, 1.807) is 6.92 Å². The van der Waals surface area contributed by atoms with Gasteiger partial charge in [0.1, 0.15) is 0 Å². The van der Waals surface area contributed by atoms with Crippen molar-refractivity contribution in [3.63, 3.8) is 0 Å². The molecule has 0 saturated carbocycles. The second-order valence-electron chi connectivity index (χ2n) is 4.38. The number of nitrogens with one attached hydrogen (secondary N) is 1. The number of esters is 1. The van der Waals surface area contributed by atoms with Gasteiger partial charge in [-0.2, -0.15) is 0 Å². The van der Waals surface area contributed by atoms with Crippen LogP contribution in [-0.4, -0.2) is 30.1 Å². The minimum atomic E-state index is -0.305. The molecule has 0 radical (unpaired) electrons. The Morgan fingerprint density at radius 3 is 3.12 bits per heavy atom. The van der Waals surface area contributed by atoms with Gasteiger partial charge in [0.2, 0.25) is 5.01 Å². The van der Waals surface area contributed by atoms with Gasteiger partial charge in [0.05, 0.1) is 12.3 Å². The number of nitrogens with zero attached hydrogens (tertiary/aromatic N) is 1. The summed E-state index contributed by atoms with van der Waals surface area (Å²) in [6.07, 6.45) is 2.30. The Labute approximate surface area is 105 Å². The van der Waals surface area contributed by atoms with Crippen molar-refractivity contribution >= 4 is 17.3 Å². The third-order valence-electron chi connectivity index (χ3n) is 3.05. The molecule has 1 saturated heterocycles. The Morgan fingerprint density at radius 1 is 1.65 bits per heavy atom. The summed E-state index contributed by atoms with van der Waals surface area (Å²) in [6.45, 7) is 5.35. The molecule has 2 rings (SSSR count). The van der Waals surface area contributed by atoms with E-state index in [0.29, 0.717) is 23.6 Å². The number of piperidine rings is 1. The number of carbonyl (C=O) groups is 1. The molecule has 1 aliphatic rings. The number of ether oxygens (including phenoxy) is 1. The van der Waals surface area contributed by atoms with Crippen molar-refractivity contribution in [2.75, 3.05) is 13.2 Å². The first-order valence-electron chi connectivity index (χ1n) is 6.06. The predicted octanol–water partition coefficient (Wildman–Crippen LogP) is 2.18. The highest BCUT2D eigenvalue weighted by Gasteiger charge is 2.22. The van der Waals surface area contributed by atoms with Crippen LogP contribution in [0.1, 0.15) is 48.1 Å². The Kier molecular flexibility index (Phi) is 4.12. The third kappa shape index (κ3) is 3.04. The van der Waals surface area contributed by atoms with E-state index < -0.39 is 0 Å². The molecule has 1 fully saturated rings. The second-order valence-corrected chi connectivity index (χ2v) is 5.24. The molecule has 0 aliphatic carbocycles. The van der Waals surface area contributed by atoms with Crippen molar-refractivity contribution in [2.45, 2.75) is 38.6 Å². The van der Waals surface area contributed by atoms with Gasteiger partial charge >= 0.3 is 5.97 Å². The third-order valence-corrected chi connectivity index (χ3v) is 3.89. The van der Waals surface area contributed by atoms with E-state index in [1.807, 2.05) is 5.38 Å². The standard InChI is InChI=1S/C12H18N2O2S/c1-3-16-12(15)11-14-10(7-17-11)9-5-4-8(2)13-6-9/h7-9,13H,3-6H2,1-2H3/t8-,9-/m1/s1. The van der Waals surface area contributed by atoms with E-state index >= 15 is 0 Å². The fourth-order valence-electron chi connectivity index (χ4n) is 2.01. The Balaban J connectivity index is 2.00. The maximum atomic E-state index is 11.5. The number of carbonyl (C=O) groups excluding carboxylic acids is 1. The molecule has 1 N–H and O–H groups in total. The fraction of sp³-hybridized carbons (Fsp3) is 0.667. The first-order valence-corrected chi connectivity index (χ1v) is 6.94. The zero-order valence-electron chi connectivity index (χ0n) is 10.2. The predicted molar refractivity (Wildman–Crippen MR) is 67.5 cm³/mol. The molecule has 94 valence electrons. The van der Waals surface area contributed by atoms with Crippen LogP contribution in [-0.2, 0) is 4.74 Å². The van der Waals surface area contributed by atoms with Crippen LogP contribution in [0.4, 0.5) is 0 Å². The lowest BCUT2D eigenvalue weighted by molar-refractivity contribution is 0.0525. The average Bonchev–Trinajstić information content (AvgIpc) is 2.80. The summed E-state index contributed by atoms with van der Waals surface area (Å²) in [5.41, 5.74) is 1.03. The second kappa shape index (κ2) is 5.60. The van der Waals surface area contributed by atoms with Gasteiger partial charge in [-0.3, -0.25) is 0 Å². The molecule has 0 aromatic carbocycles. The highest BCUT2D eigenvalue weighted by Crippen LogP contribution is 2.26. The summed E-state index contributed by atoms with van der Waals surface area (Å²) in [5.74, 6) is 0.131. The molecule has 0 amide bonds. The van der Waals surface area contributed by atoms with E-state index in [0.717, 1.165) is 25.1 Å². The van der Waals surface area contributed by atoms with E-state index in [4.69, 9.17) is 4.74 Å². The van der Waals surface area contributed by atoms with Crippen LogP contribution in [0.5, 0.6) is 0 Å². The number of aromatic nitrogens is 1. The minimum absolute atomic E-state index is 0.305. The number of rotatable bonds is 3. The molecular weight excluding hydrogens is 236 g/mol. The van der Waals surface area contributed by atoms with Gasteiger partial charge in [0.15, 0.2) is 0 Å². The first kappa shape index (κ1) is 12.5. The topological polar surface area (TPSA) is 51.2 Å². The smallest absolute Gasteiger partial charge is 0.367 e. The van der Waals surface area contributed by atoms with Gasteiger partial charge in [-0.25, -0.2) is 9.78 Å². The summed E-state index contributed by atoms with van der Waals surface area (Å²) in [5, 5.41) is 5.90. The van der Waals surface area contributed by atoms with E-state index in [-0.39, 0.29) is 5.97 Å². The first-order chi connectivity index (χ1) is 8.20. The molecule has 0 unspecified atom stereocenters. The maximum absolute atomic E-state index is 11.5. The summed E-state index contributed by atoms with van der Waals surface area (Å²) >= 11 is 1.38. The number of hydrogen-bond acceptors (Lipinski definition) is 5. The lowest BCUT2D eigenvalue weighted by Crippen LogP contribution is -2.35. The van der Waals surface area contributed by atoms with Crippen molar-refractivity contribution in [3.05, 3.63) is 16.1 Å². The molecular formula is C12H18N2O2S. The van der Waals surface area contributed by atoms with Crippen molar-refractivity contribution < 1.29 is 9.53 Å². The molecule has 2 atom stereocenters. The maximum Gasteiger partial charge on any atom is 0.367 e. The summed E-state index contributed by atoms with van der Waals surface area (Å²) in [4.78, 5) is 15.9. The lowest BCUT2D eigenvalue weighted by Gasteiger charge is -2.26. The normalized spacial score (nSPS) is 24.6. The van der Waals surface area contributed by atoms with E-state index in [1.165, 1.54) is 11.3 Å². The number of hydrogen-bond donors (Lipinski definition) is 1. The summed E-state index contributed by atoms with van der Waals surface area (Å²) < 4.78 is 4.94. The molecule has 1 aliphatic heterocycles. The van der Waals surface area contributed by atoms with Crippen molar-refractivity contribution in [1.29, 1.82) is 0 Å². The molecule has 1 aromatic rings. The minimum Gasteiger partial charge on any atom is -0.461 e. The van der Waals surface area contributed by atoms with Crippen LogP contribution in [0.15, 0.2) is 5.38 Å². The Hall–Kier alpha value is -0.940. The van der Waals surface area contributed by atoms with Gasteiger partial charge in [-0.1, -0.05) is 0 Å². The summed E-state index contributed by atoms with van der Waals surface area (Å²) in [6, 6.07) is 0.592. The van der Waals surface area contributed by atoms with Crippen LogP contribution in [0.3, 0.4) is 0 Å². The van der Waals surface area contributed by atoms with Gasteiger partial charge < -0.3 is 10.1 Å². The van der Waals surface area contributed by atoms with E-state index in [2.05, 4.69) is 17.2 Å². The monoisotopic (exact) mass is 254 g/mol. The van der Waals surface area contributed by atoms with Gasteiger partial charge in [0.25, 0.3) is 0 Å². The zero-order valence-corrected chi connectivity index (χ0v) is 11.0. The Bertz CT molecular complexity index is 384. The average molecular weight is 254 g/mol.